The molecule has 0 bridgehead atoms. The first-order chi connectivity index (χ1) is 10.3. The minimum Gasteiger partial charge on any atom is -0.324 e. The van der Waals surface area contributed by atoms with Gasteiger partial charge in [-0.1, -0.05) is 61.9 Å². The Morgan fingerprint density at radius 1 is 1.14 bits per heavy atom. The number of benzene rings is 2. The second-order valence-corrected chi connectivity index (χ2v) is 4.87. The van der Waals surface area contributed by atoms with Gasteiger partial charge in [0.1, 0.15) is 0 Å². The third-order valence-corrected chi connectivity index (χ3v) is 3.32. The van der Waals surface area contributed by atoms with Gasteiger partial charge >= 0.3 is 0 Å². The van der Waals surface area contributed by atoms with Crippen molar-refractivity contribution in [1.29, 1.82) is 5.26 Å². The number of nitrogens with zero attached hydrogens (tertiary/aromatic N) is 1. The number of nitrogens with one attached hydrogen (secondary N) is 1. The summed E-state index contributed by atoms with van der Waals surface area (Å²) in [5.41, 5.74) is 2.60. The van der Waals surface area contributed by atoms with Gasteiger partial charge in [0.15, 0.2) is 5.92 Å². The summed E-state index contributed by atoms with van der Waals surface area (Å²) in [4.78, 5) is 12.4. The van der Waals surface area contributed by atoms with E-state index in [1.807, 2.05) is 42.5 Å². The highest BCUT2D eigenvalue weighted by Gasteiger charge is 2.20. The topological polar surface area (TPSA) is 52.9 Å². The van der Waals surface area contributed by atoms with E-state index in [4.69, 9.17) is 0 Å². The third-order valence-electron chi connectivity index (χ3n) is 3.32. The first-order valence-corrected chi connectivity index (χ1v) is 7.09. The fourth-order valence-electron chi connectivity index (χ4n) is 2.26. The van der Waals surface area contributed by atoms with Crippen LogP contribution in [0.15, 0.2) is 54.6 Å². The van der Waals surface area contributed by atoms with Gasteiger partial charge in [0.05, 0.1) is 6.07 Å². The molecule has 1 unspecified atom stereocenters. The molecule has 21 heavy (non-hydrogen) atoms. The van der Waals surface area contributed by atoms with Crippen molar-refractivity contribution in [2.45, 2.75) is 25.7 Å². The number of anilines is 1. The van der Waals surface area contributed by atoms with E-state index in [0.717, 1.165) is 24.1 Å². The summed E-state index contributed by atoms with van der Waals surface area (Å²) >= 11 is 0. The highest BCUT2D eigenvalue weighted by Crippen LogP contribution is 2.21. The predicted octanol–water partition coefficient (Wildman–Crippen LogP) is 3.88. The molecule has 0 fully saturated rings. The maximum absolute atomic E-state index is 12.4. The van der Waals surface area contributed by atoms with Crippen molar-refractivity contribution in [3.63, 3.8) is 0 Å². The number of rotatable bonds is 5. The second kappa shape index (κ2) is 7.25. The Kier molecular flexibility index (Phi) is 5.11. The van der Waals surface area contributed by atoms with E-state index in [1.165, 1.54) is 0 Å². The van der Waals surface area contributed by atoms with Crippen molar-refractivity contribution in [3.05, 3.63) is 65.7 Å². The molecule has 1 N–H and O–H groups in total. The Labute approximate surface area is 125 Å². The molecule has 2 aromatic carbocycles. The SMILES string of the molecule is CCCc1ccccc1NC(=O)C(C#N)c1ccccc1. The Hall–Kier alpha value is -2.60. The molecule has 0 saturated carbocycles. The number of carbonyl (C=O) groups excluding carboxylic acids is 1. The van der Waals surface area contributed by atoms with Crippen LogP contribution in [0.1, 0.15) is 30.4 Å². The van der Waals surface area contributed by atoms with Crippen LogP contribution in [0.3, 0.4) is 0 Å². The number of nitriles is 1. The van der Waals surface area contributed by atoms with E-state index in [-0.39, 0.29) is 5.91 Å². The highest BCUT2D eigenvalue weighted by molar-refractivity contribution is 5.98. The fourth-order valence-corrected chi connectivity index (χ4v) is 2.26. The summed E-state index contributed by atoms with van der Waals surface area (Å²) in [7, 11) is 0. The molecule has 0 radical (unpaired) electrons. The van der Waals surface area contributed by atoms with Crippen LogP contribution in [0.4, 0.5) is 5.69 Å². The molecule has 0 aromatic heterocycles. The van der Waals surface area contributed by atoms with E-state index < -0.39 is 5.92 Å². The van der Waals surface area contributed by atoms with Gasteiger partial charge in [0.25, 0.3) is 0 Å². The van der Waals surface area contributed by atoms with E-state index in [2.05, 4.69) is 18.3 Å². The summed E-state index contributed by atoms with van der Waals surface area (Å²) in [6.07, 6.45) is 1.91. The standard InChI is InChI=1S/C18H18N2O/c1-2-8-15-11-6-7-12-17(15)20-18(21)16(13-19)14-9-4-3-5-10-14/h3-7,9-12,16H,2,8H2,1H3,(H,20,21). The Bertz CT molecular complexity index is 644. The van der Waals surface area contributed by atoms with Crippen LogP contribution in [0, 0.1) is 11.3 Å². The van der Waals surface area contributed by atoms with Crippen molar-refractivity contribution >= 4 is 11.6 Å². The van der Waals surface area contributed by atoms with Crippen LogP contribution < -0.4 is 5.32 Å². The number of para-hydroxylation sites is 1. The van der Waals surface area contributed by atoms with Gasteiger partial charge in [-0.2, -0.15) is 5.26 Å². The Morgan fingerprint density at radius 3 is 2.48 bits per heavy atom. The minimum atomic E-state index is -0.791. The lowest BCUT2D eigenvalue weighted by molar-refractivity contribution is -0.116. The van der Waals surface area contributed by atoms with Crippen LogP contribution in [0.2, 0.25) is 0 Å². The molecule has 0 heterocycles. The average Bonchev–Trinajstić information content (AvgIpc) is 2.51. The van der Waals surface area contributed by atoms with Crippen molar-refractivity contribution in [1.82, 2.24) is 0 Å². The van der Waals surface area contributed by atoms with E-state index in [1.54, 1.807) is 12.1 Å². The largest absolute Gasteiger partial charge is 0.324 e. The van der Waals surface area contributed by atoms with Crippen LogP contribution in [0.25, 0.3) is 0 Å². The normalized spacial score (nSPS) is 11.4. The van der Waals surface area contributed by atoms with Crippen LogP contribution in [0.5, 0.6) is 0 Å². The number of aryl methyl sites for hydroxylation is 1. The number of carbonyl (C=O) groups is 1. The van der Waals surface area contributed by atoms with Crippen LogP contribution in [-0.4, -0.2) is 5.91 Å². The maximum atomic E-state index is 12.4. The quantitative estimate of drug-likeness (QED) is 0.902. The summed E-state index contributed by atoms with van der Waals surface area (Å²) in [5, 5.41) is 12.2. The summed E-state index contributed by atoms with van der Waals surface area (Å²) in [5.74, 6) is -1.08. The lowest BCUT2D eigenvalue weighted by Crippen LogP contribution is -2.20. The van der Waals surface area contributed by atoms with Crippen LogP contribution >= 0.6 is 0 Å². The lowest BCUT2D eigenvalue weighted by Gasteiger charge is -2.13. The van der Waals surface area contributed by atoms with Gasteiger partial charge in [0, 0.05) is 5.69 Å². The van der Waals surface area contributed by atoms with E-state index in [0.29, 0.717) is 5.56 Å². The molecule has 3 nitrogen and oxygen atoms in total. The summed E-state index contributed by atoms with van der Waals surface area (Å²) < 4.78 is 0. The van der Waals surface area contributed by atoms with Gasteiger partial charge < -0.3 is 5.32 Å². The molecular formula is C18H18N2O. The first-order valence-electron chi connectivity index (χ1n) is 7.09. The molecule has 1 amide bonds. The molecule has 0 saturated heterocycles. The van der Waals surface area contributed by atoms with Gasteiger partial charge in [-0.05, 0) is 23.6 Å². The number of amides is 1. The molecule has 0 aliphatic rings. The number of hydrogen-bond donors (Lipinski definition) is 1. The zero-order chi connectivity index (χ0) is 15.1. The molecule has 0 aliphatic heterocycles. The van der Waals surface area contributed by atoms with E-state index >= 15 is 0 Å². The molecule has 0 spiro atoms. The van der Waals surface area contributed by atoms with Crippen molar-refractivity contribution in [2.24, 2.45) is 0 Å². The first kappa shape index (κ1) is 14.8. The maximum Gasteiger partial charge on any atom is 0.246 e. The Balaban J connectivity index is 2.19. The van der Waals surface area contributed by atoms with Crippen molar-refractivity contribution < 1.29 is 4.79 Å². The van der Waals surface area contributed by atoms with Crippen LogP contribution in [-0.2, 0) is 11.2 Å². The fraction of sp³-hybridized carbons (Fsp3) is 0.222. The third kappa shape index (κ3) is 3.70. The molecule has 2 rings (SSSR count). The smallest absolute Gasteiger partial charge is 0.246 e. The molecule has 2 aromatic rings. The van der Waals surface area contributed by atoms with Gasteiger partial charge in [-0.15, -0.1) is 0 Å². The minimum absolute atomic E-state index is 0.285. The van der Waals surface area contributed by atoms with Gasteiger partial charge in [-0.3, -0.25) is 4.79 Å². The second-order valence-electron chi connectivity index (χ2n) is 4.87. The molecule has 1 atom stereocenters. The predicted molar refractivity (Wildman–Crippen MR) is 83.9 cm³/mol. The van der Waals surface area contributed by atoms with Gasteiger partial charge in [0.2, 0.25) is 5.91 Å². The zero-order valence-corrected chi connectivity index (χ0v) is 12.0. The molecular weight excluding hydrogens is 260 g/mol. The zero-order valence-electron chi connectivity index (χ0n) is 12.0. The summed E-state index contributed by atoms with van der Waals surface area (Å²) in [6.45, 7) is 2.10. The highest BCUT2D eigenvalue weighted by atomic mass is 16.1. The van der Waals surface area contributed by atoms with Crippen molar-refractivity contribution in [3.8, 4) is 6.07 Å². The van der Waals surface area contributed by atoms with Crippen molar-refractivity contribution in [2.75, 3.05) is 5.32 Å². The Morgan fingerprint density at radius 2 is 1.81 bits per heavy atom. The molecule has 0 aliphatic carbocycles. The molecule has 106 valence electrons. The summed E-state index contributed by atoms with van der Waals surface area (Å²) in [6, 6.07) is 18.9. The van der Waals surface area contributed by atoms with Gasteiger partial charge in [-0.25, -0.2) is 0 Å². The monoisotopic (exact) mass is 278 g/mol. The number of hydrogen-bond acceptors (Lipinski definition) is 2. The average molecular weight is 278 g/mol. The van der Waals surface area contributed by atoms with E-state index in [9.17, 15) is 10.1 Å². The molecule has 3 heteroatoms. The lowest BCUT2D eigenvalue weighted by atomic mass is 9.99.